The Balaban J connectivity index is 2.80. The van der Waals surface area contributed by atoms with Crippen molar-refractivity contribution in [2.24, 2.45) is 5.41 Å². The summed E-state index contributed by atoms with van der Waals surface area (Å²) in [4.78, 5) is 28.3. The molecule has 2 atom stereocenters. The molecule has 1 heterocycles. The summed E-state index contributed by atoms with van der Waals surface area (Å²) < 4.78 is 5.04. The van der Waals surface area contributed by atoms with Gasteiger partial charge in [-0.15, -0.1) is 0 Å². The molecule has 0 N–H and O–H groups in total. The second kappa shape index (κ2) is 9.13. The van der Waals surface area contributed by atoms with Crippen molar-refractivity contribution < 1.29 is 14.3 Å². The van der Waals surface area contributed by atoms with Gasteiger partial charge >= 0.3 is 172 Å². The second-order valence-electron chi connectivity index (χ2n) is 6.82. The van der Waals surface area contributed by atoms with E-state index in [1.54, 1.807) is 4.90 Å². The van der Waals surface area contributed by atoms with Gasteiger partial charge in [-0.3, -0.25) is 0 Å². The zero-order chi connectivity index (χ0) is 17.8. The zero-order valence-electron chi connectivity index (χ0n) is 14.5. The Morgan fingerprint density at radius 3 is 2.48 bits per heavy atom. The van der Waals surface area contributed by atoms with E-state index in [9.17, 15) is 9.59 Å². The van der Waals surface area contributed by atoms with E-state index >= 15 is 0 Å². The maximum atomic E-state index is 12.4. The minimum absolute atomic E-state index is 0.0139. The summed E-state index contributed by atoms with van der Waals surface area (Å²) in [6.07, 6.45) is 0.627. The molecule has 1 aliphatic rings. The third kappa shape index (κ3) is 6.61. The van der Waals surface area contributed by atoms with Gasteiger partial charge in [-0.2, -0.15) is 0 Å². The second-order valence-corrected chi connectivity index (χ2v) is 20.0. The summed E-state index contributed by atoms with van der Waals surface area (Å²) in [5.74, 6) is 6.23. The standard InChI is InChI=1S/C16H24N2O3.2Pb/c1-12(19)18-11-13(10-14(18)15(20)21-6)17(5)9-7-8-16(2,3)4;;/h1,13-14H,9-11H2,2-6H3;;. The number of likely N-dealkylation sites (tertiary alicyclic amines) is 1. The van der Waals surface area contributed by atoms with Crippen molar-refractivity contribution in [3.05, 3.63) is 0 Å². The number of hydrogen-bond acceptors (Lipinski definition) is 4. The fraction of sp³-hybridized carbons (Fsp3) is 0.750. The molecule has 124 valence electrons. The van der Waals surface area contributed by atoms with Crippen LogP contribution in [-0.4, -0.2) is 113 Å². The number of ether oxygens (including phenoxy) is 1. The molecule has 1 fully saturated rings. The van der Waals surface area contributed by atoms with Gasteiger partial charge in [0.15, 0.2) is 0 Å². The van der Waals surface area contributed by atoms with Crippen LogP contribution in [0.25, 0.3) is 0 Å². The number of carbonyl (C=O) groups is 2. The van der Waals surface area contributed by atoms with E-state index in [0.29, 0.717) is 19.5 Å². The summed E-state index contributed by atoms with van der Waals surface area (Å²) in [7, 11) is 3.39. The molecule has 0 bridgehead atoms. The maximum absolute atomic E-state index is 12.4. The Morgan fingerprint density at radius 1 is 1.39 bits per heavy atom. The van der Waals surface area contributed by atoms with Crippen LogP contribution >= 0.6 is 0 Å². The van der Waals surface area contributed by atoms with Crippen molar-refractivity contribution >= 4 is 63.4 Å². The monoisotopic (exact) mass is 708 g/mol. The van der Waals surface area contributed by atoms with Crippen molar-refractivity contribution in [3.63, 3.8) is 0 Å². The minimum atomic E-state index is -0.444. The molecule has 1 saturated heterocycles. The summed E-state index contributed by atoms with van der Waals surface area (Å²) >= 11 is 1.69. The Labute approximate surface area is 171 Å². The molecule has 1 amide bonds. The van der Waals surface area contributed by atoms with Gasteiger partial charge in [0, 0.05) is 0 Å². The third-order valence-electron chi connectivity index (χ3n) is 3.70. The van der Waals surface area contributed by atoms with Crippen LogP contribution in [0.2, 0.25) is 1.04 Å². The number of esters is 1. The topological polar surface area (TPSA) is 49.9 Å². The Hall–Kier alpha value is 0.304. The molecule has 7 heteroatoms. The predicted octanol–water partition coefficient (Wildman–Crippen LogP) is 0.193. The zero-order valence-corrected chi connectivity index (χ0v) is 22.2. The number of hydrogen-bond donors (Lipinski definition) is 0. The molecule has 0 aliphatic carbocycles. The third-order valence-corrected chi connectivity index (χ3v) is 5.62. The van der Waals surface area contributed by atoms with Gasteiger partial charge in [0.25, 0.3) is 0 Å². The molecule has 2 unspecified atom stereocenters. The van der Waals surface area contributed by atoms with Crippen LogP contribution in [0.1, 0.15) is 27.2 Å². The molecule has 0 aromatic rings. The van der Waals surface area contributed by atoms with E-state index in [4.69, 9.17) is 4.74 Å². The molecule has 0 aromatic carbocycles. The van der Waals surface area contributed by atoms with Crippen molar-refractivity contribution in [2.45, 2.75) is 40.3 Å². The molecular weight excluding hydrogens is 683 g/mol. The van der Waals surface area contributed by atoms with Crippen molar-refractivity contribution in [3.8, 4) is 11.8 Å². The van der Waals surface area contributed by atoms with Gasteiger partial charge in [-0.1, -0.05) is 0 Å². The Morgan fingerprint density at radius 2 is 2.00 bits per heavy atom. The van der Waals surface area contributed by atoms with Gasteiger partial charge in [-0.25, -0.2) is 0 Å². The SMILES string of the molecule is COC(=O)C1CC(N(C)CC#CC(C)(C)C)CN1C(=O)[CH]([Pb])[Pb]. The fourth-order valence-electron chi connectivity index (χ4n) is 2.46. The van der Waals surface area contributed by atoms with Gasteiger partial charge in [-0.05, 0) is 0 Å². The van der Waals surface area contributed by atoms with Gasteiger partial charge in [0.05, 0.1) is 0 Å². The summed E-state index contributed by atoms with van der Waals surface area (Å²) in [5, 5.41) is 0. The van der Waals surface area contributed by atoms with Crippen LogP contribution in [0, 0.1) is 17.3 Å². The van der Waals surface area contributed by atoms with E-state index in [2.05, 4.69) is 37.5 Å². The normalized spacial score (nSPS) is 21.3. The van der Waals surface area contributed by atoms with Gasteiger partial charge < -0.3 is 0 Å². The molecule has 23 heavy (non-hydrogen) atoms. The number of rotatable bonds is 4. The predicted molar refractivity (Wildman–Crippen MR) is 91.0 cm³/mol. The van der Waals surface area contributed by atoms with Crippen LogP contribution in [0.15, 0.2) is 0 Å². The first kappa shape index (κ1) is 21.3. The molecule has 1 rings (SSSR count). The average molecular weight is 707 g/mol. The van der Waals surface area contributed by atoms with E-state index in [1.807, 2.05) is 7.05 Å². The van der Waals surface area contributed by atoms with Crippen molar-refractivity contribution in [1.82, 2.24) is 9.80 Å². The van der Waals surface area contributed by atoms with Crippen LogP contribution in [0.3, 0.4) is 0 Å². The number of likely N-dealkylation sites (N-methyl/N-ethyl adjacent to an activating group) is 1. The molecule has 5 nitrogen and oxygen atoms in total. The first-order chi connectivity index (χ1) is 10.6. The van der Waals surface area contributed by atoms with Crippen molar-refractivity contribution in [2.75, 3.05) is 27.2 Å². The molecule has 0 aromatic heterocycles. The summed E-state index contributed by atoms with van der Waals surface area (Å²) in [6, 6.07) is -0.291. The molecule has 6 radical (unpaired) electrons. The summed E-state index contributed by atoms with van der Waals surface area (Å²) in [5.41, 5.74) is -0.0139. The average Bonchev–Trinajstić information content (AvgIpc) is 2.89. The van der Waals surface area contributed by atoms with E-state index in [0.717, 1.165) is 51.5 Å². The van der Waals surface area contributed by atoms with Crippen molar-refractivity contribution in [1.29, 1.82) is 0 Å². The first-order valence-corrected chi connectivity index (χ1v) is 12.1. The van der Waals surface area contributed by atoms with Crippen LogP contribution in [0.4, 0.5) is 0 Å². The van der Waals surface area contributed by atoms with E-state index in [1.165, 1.54) is 7.11 Å². The van der Waals surface area contributed by atoms with Gasteiger partial charge in [0.1, 0.15) is 0 Å². The van der Waals surface area contributed by atoms with Crippen LogP contribution < -0.4 is 0 Å². The Kier molecular flexibility index (Phi) is 8.47. The number of methoxy groups -OCH3 is 1. The van der Waals surface area contributed by atoms with Crippen LogP contribution in [0.5, 0.6) is 0 Å². The summed E-state index contributed by atoms with van der Waals surface area (Å²) in [6.45, 7) is 7.48. The first-order valence-electron chi connectivity index (χ1n) is 7.57. The molecular formula is C16H24N2O3Pb2. The molecule has 0 spiro atoms. The van der Waals surface area contributed by atoms with Crippen LogP contribution in [-0.2, 0) is 14.3 Å². The number of carbonyl (C=O) groups excluding carboxylic acids is 2. The van der Waals surface area contributed by atoms with Gasteiger partial charge in [0.2, 0.25) is 0 Å². The van der Waals surface area contributed by atoms with E-state index in [-0.39, 0.29) is 24.4 Å². The quantitative estimate of drug-likeness (QED) is 0.238. The van der Waals surface area contributed by atoms with E-state index < -0.39 is 6.04 Å². The molecule has 1 aliphatic heterocycles. The number of amides is 1. The Bertz CT molecular complexity index is 506. The number of nitrogens with zero attached hydrogens (tertiary/aromatic N) is 2. The molecule has 0 saturated carbocycles. The fourth-order valence-corrected chi connectivity index (χ4v) is 3.75.